The van der Waals surface area contributed by atoms with Crippen molar-refractivity contribution in [1.82, 2.24) is 25.3 Å². The summed E-state index contributed by atoms with van der Waals surface area (Å²) in [6, 6.07) is 11.2. The second kappa shape index (κ2) is 11.8. The largest absolute Gasteiger partial charge is 0.405 e. The summed E-state index contributed by atoms with van der Waals surface area (Å²) in [4.78, 5) is 28.2. The molecule has 14 heteroatoms. The van der Waals surface area contributed by atoms with Crippen LogP contribution in [0.5, 0.6) is 0 Å². The highest BCUT2D eigenvalue weighted by molar-refractivity contribution is 7.85. The SMILES string of the molecule is CC[C@@](C)(Nc1ccnc(-c2c[nH]c3ncccc23)n1)C(=O)NCC(F)(F)F.Cc1ccc(S(=O)(=O)O)cc1. The Hall–Kier alpha value is -4.04. The number of carbonyl (C=O) groups is 1. The number of alkyl halides is 3. The summed E-state index contributed by atoms with van der Waals surface area (Å²) in [5.41, 5.74) is 1.10. The number of nitrogens with one attached hydrogen (secondary N) is 3. The van der Waals surface area contributed by atoms with Crippen LogP contribution in [0.3, 0.4) is 0 Å². The van der Waals surface area contributed by atoms with E-state index in [4.69, 9.17) is 4.55 Å². The molecule has 0 radical (unpaired) electrons. The lowest BCUT2D eigenvalue weighted by molar-refractivity contribution is -0.140. The monoisotopic (exact) mass is 564 g/mol. The van der Waals surface area contributed by atoms with Crippen molar-refractivity contribution in [2.75, 3.05) is 11.9 Å². The molecule has 39 heavy (non-hydrogen) atoms. The van der Waals surface area contributed by atoms with Crippen LogP contribution < -0.4 is 10.6 Å². The maximum Gasteiger partial charge on any atom is 0.405 e. The molecule has 0 aliphatic rings. The van der Waals surface area contributed by atoms with Crippen molar-refractivity contribution in [3.8, 4) is 11.4 Å². The minimum atomic E-state index is -4.48. The number of anilines is 1. The number of pyridine rings is 1. The van der Waals surface area contributed by atoms with E-state index in [9.17, 15) is 26.4 Å². The van der Waals surface area contributed by atoms with Crippen molar-refractivity contribution in [2.24, 2.45) is 0 Å². The number of aromatic nitrogens is 4. The van der Waals surface area contributed by atoms with E-state index < -0.39 is 34.3 Å². The summed E-state index contributed by atoms with van der Waals surface area (Å²) >= 11 is 0. The predicted octanol–water partition coefficient (Wildman–Crippen LogP) is 4.52. The third kappa shape index (κ3) is 7.97. The van der Waals surface area contributed by atoms with Crippen molar-refractivity contribution in [1.29, 1.82) is 0 Å². The van der Waals surface area contributed by atoms with Crippen molar-refractivity contribution in [3.63, 3.8) is 0 Å². The second-order valence-corrected chi connectivity index (χ2v) is 10.2. The Morgan fingerprint density at radius 3 is 2.38 bits per heavy atom. The van der Waals surface area contributed by atoms with Crippen LogP contribution in [0.25, 0.3) is 22.4 Å². The van der Waals surface area contributed by atoms with E-state index in [1.54, 1.807) is 43.6 Å². The minimum absolute atomic E-state index is 0.0666. The second-order valence-electron chi connectivity index (χ2n) is 8.76. The van der Waals surface area contributed by atoms with E-state index in [0.717, 1.165) is 16.5 Å². The number of fused-ring (bicyclic) bond motifs is 1. The summed E-state index contributed by atoms with van der Waals surface area (Å²) in [5, 5.41) is 5.69. The fourth-order valence-corrected chi connectivity index (χ4v) is 3.85. The summed E-state index contributed by atoms with van der Waals surface area (Å²) in [6.07, 6.45) is 0.686. The number of nitrogens with zero attached hydrogens (tertiary/aromatic N) is 3. The Kier molecular flexibility index (Phi) is 8.92. The first-order valence-corrected chi connectivity index (χ1v) is 13.1. The lowest BCUT2D eigenvalue weighted by atomic mass is 9.97. The van der Waals surface area contributed by atoms with Crippen molar-refractivity contribution >= 4 is 32.9 Å². The van der Waals surface area contributed by atoms with Crippen LogP contribution in [-0.4, -0.2) is 57.1 Å². The molecule has 1 amide bonds. The molecule has 4 aromatic rings. The van der Waals surface area contributed by atoms with Gasteiger partial charge in [0.25, 0.3) is 10.1 Å². The standard InChI is InChI=1S/C18H19F3N6O.C7H8O3S/c1-3-17(2,16(28)25-10-18(19,20)21)27-13-6-8-23-15(26-13)12-9-24-14-11(12)5-4-7-22-14;1-6-2-4-7(5-3-6)11(8,9)10/h4-9H,3,10H2,1-2H3,(H,22,24)(H,25,28)(H,23,26,27);2-5H,1H3,(H,8,9,10)/t17-;/m1./s1. The molecule has 3 aromatic heterocycles. The summed E-state index contributed by atoms with van der Waals surface area (Å²) in [7, 11) is -4.02. The van der Waals surface area contributed by atoms with Gasteiger partial charge in [-0.3, -0.25) is 9.35 Å². The smallest absolute Gasteiger partial charge is 0.356 e. The molecule has 3 heterocycles. The molecule has 4 N–H and O–H groups in total. The van der Waals surface area contributed by atoms with Crippen LogP contribution in [0.4, 0.5) is 19.0 Å². The van der Waals surface area contributed by atoms with Gasteiger partial charge in [-0.15, -0.1) is 0 Å². The van der Waals surface area contributed by atoms with E-state index in [1.807, 2.05) is 18.3 Å². The normalized spacial score (nSPS) is 13.2. The van der Waals surface area contributed by atoms with Gasteiger partial charge in [0.1, 0.15) is 23.5 Å². The third-order valence-corrected chi connectivity index (χ3v) is 6.60. The highest BCUT2D eigenvalue weighted by Gasteiger charge is 2.35. The number of aryl methyl sites for hydroxylation is 1. The number of hydrogen-bond donors (Lipinski definition) is 4. The molecule has 0 spiro atoms. The van der Waals surface area contributed by atoms with Crippen LogP contribution in [0.15, 0.2) is 66.0 Å². The number of halogens is 3. The van der Waals surface area contributed by atoms with Gasteiger partial charge in [0.05, 0.1) is 4.90 Å². The van der Waals surface area contributed by atoms with Gasteiger partial charge in [0.2, 0.25) is 5.91 Å². The van der Waals surface area contributed by atoms with Crippen molar-refractivity contribution in [2.45, 2.75) is 43.8 Å². The van der Waals surface area contributed by atoms with E-state index >= 15 is 0 Å². The Labute approximate surface area is 222 Å². The van der Waals surface area contributed by atoms with Gasteiger partial charge in [-0.05, 0) is 50.6 Å². The van der Waals surface area contributed by atoms with Gasteiger partial charge in [-0.2, -0.15) is 21.6 Å². The maximum absolute atomic E-state index is 12.4. The van der Waals surface area contributed by atoms with Gasteiger partial charge < -0.3 is 15.6 Å². The van der Waals surface area contributed by atoms with Gasteiger partial charge in [0.15, 0.2) is 5.82 Å². The predicted molar refractivity (Wildman–Crippen MR) is 139 cm³/mol. The Balaban J connectivity index is 0.000000320. The third-order valence-electron chi connectivity index (χ3n) is 5.73. The molecule has 208 valence electrons. The Bertz CT molecular complexity index is 1540. The molecule has 1 atom stereocenters. The molecule has 0 saturated heterocycles. The number of H-pyrrole nitrogens is 1. The molecular formula is C25H27F3N6O4S. The number of amides is 1. The average molecular weight is 565 g/mol. The molecule has 1 aromatic carbocycles. The molecule has 4 rings (SSSR count). The van der Waals surface area contributed by atoms with Gasteiger partial charge in [0, 0.05) is 29.5 Å². The molecule has 0 saturated carbocycles. The first kappa shape index (κ1) is 29.5. The van der Waals surface area contributed by atoms with Crippen molar-refractivity contribution in [3.05, 3.63) is 66.6 Å². The summed E-state index contributed by atoms with van der Waals surface area (Å²) in [5.74, 6) is -0.0306. The van der Waals surface area contributed by atoms with E-state index in [1.165, 1.54) is 25.3 Å². The molecule has 0 unspecified atom stereocenters. The Morgan fingerprint density at radius 2 is 1.77 bits per heavy atom. The minimum Gasteiger partial charge on any atom is -0.356 e. The average Bonchev–Trinajstić information content (AvgIpc) is 3.31. The van der Waals surface area contributed by atoms with Gasteiger partial charge >= 0.3 is 6.18 Å². The van der Waals surface area contributed by atoms with E-state index in [0.29, 0.717) is 17.3 Å². The topological polar surface area (TPSA) is 150 Å². The molecule has 0 fully saturated rings. The molecule has 0 aliphatic carbocycles. The van der Waals surface area contributed by atoms with Crippen LogP contribution in [0.2, 0.25) is 0 Å². The van der Waals surface area contributed by atoms with Crippen molar-refractivity contribution < 1.29 is 30.9 Å². The molecule has 10 nitrogen and oxygen atoms in total. The van der Waals surface area contributed by atoms with Gasteiger partial charge in [-0.1, -0.05) is 24.6 Å². The zero-order valence-corrected chi connectivity index (χ0v) is 22.1. The first-order valence-electron chi connectivity index (χ1n) is 11.6. The Morgan fingerprint density at radius 1 is 1.08 bits per heavy atom. The number of aromatic amines is 1. The zero-order valence-electron chi connectivity index (χ0n) is 21.2. The fourth-order valence-electron chi connectivity index (χ4n) is 3.37. The fraction of sp³-hybridized carbons (Fsp3) is 0.280. The highest BCUT2D eigenvalue weighted by Crippen LogP contribution is 2.26. The van der Waals surface area contributed by atoms with Gasteiger partial charge in [-0.25, -0.2) is 15.0 Å². The lowest BCUT2D eigenvalue weighted by Crippen LogP contribution is -2.52. The van der Waals surface area contributed by atoms with Crippen LogP contribution in [-0.2, 0) is 14.9 Å². The zero-order chi connectivity index (χ0) is 28.8. The number of carbonyl (C=O) groups excluding carboxylic acids is 1. The van der Waals surface area contributed by atoms with Crippen LogP contribution >= 0.6 is 0 Å². The first-order chi connectivity index (χ1) is 18.2. The number of hydrogen-bond acceptors (Lipinski definition) is 7. The number of benzene rings is 1. The quantitative estimate of drug-likeness (QED) is 0.239. The van der Waals surface area contributed by atoms with Crippen LogP contribution in [0, 0.1) is 6.92 Å². The summed E-state index contributed by atoms with van der Waals surface area (Å²) < 4.78 is 66.8. The molecule has 0 bridgehead atoms. The highest BCUT2D eigenvalue weighted by atomic mass is 32.2. The van der Waals surface area contributed by atoms with E-state index in [2.05, 4.69) is 25.3 Å². The number of rotatable bonds is 7. The molecule has 0 aliphatic heterocycles. The maximum atomic E-state index is 12.4. The summed E-state index contributed by atoms with van der Waals surface area (Å²) in [6.45, 7) is 3.68. The lowest BCUT2D eigenvalue weighted by Gasteiger charge is -2.29. The van der Waals surface area contributed by atoms with E-state index in [-0.39, 0.29) is 11.3 Å². The van der Waals surface area contributed by atoms with Crippen LogP contribution in [0.1, 0.15) is 25.8 Å². The molecular weight excluding hydrogens is 537 g/mol.